The summed E-state index contributed by atoms with van der Waals surface area (Å²) in [5, 5.41) is 0. The number of rotatable bonds is 0. The predicted molar refractivity (Wildman–Crippen MR) is 26.3 cm³/mol. The Kier molecular flexibility index (Phi) is 2.13. The van der Waals surface area contributed by atoms with Crippen LogP contribution in [-0.2, 0) is 0 Å². The first-order valence-electron chi connectivity index (χ1n) is 0.617. The lowest BCUT2D eigenvalue weighted by Crippen LogP contribution is -1.37. The molecule has 0 aliphatic carbocycles. The highest BCUT2D eigenvalue weighted by atomic mass is 36.2. The number of halogens is 4. The van der Waals surface area contributed by atoms with Gasteiger partial charge in [0.25, 0.3) is 0 Å². The fraction of sp³-hybridized carbons (Fsp3) is 0. The zero-order valence-corrected chi connectivity index (χ0v) is 5.00. The minimum absolute atomic E-state index is 3.25. The Morgan fingerprint density at radius 3 is 1.20 bits per heavy atom. The van der Waals surface area contributed by atoms with Crippen LogP contribution in [0.5, 0.6) is 0 Å². The molecule has 0 spiro atoms. The van der Waals surface area contributed by atoms with Crippen LogP contribution in [0.3, 0.4) is 0 Å². The lowest BCUT2D eigenvalue weighted by atomic mass is 18.9. The lowest BCUT2D eigenvalue weighted by molar-refractivity contribution is 0.943. The van der Waals surface area contributed by atoms with Crippen LogP contribution < -0.4 is 0 Å². The number of hydrogen-bond acceptors (Lipinski definition) is 0. The fourth-order valence-corrected chi connectivity index (χ4v) is 0. The summed E-state index contributed by atoms with van der Waals surface area (Å²) in [6.45, 7) is 0. The average molecular weight is 157 g/mol. The molecule has 0 rings (SSSR count). The summed E-state index contributed by atoms with van der Waals surface area (Å²) in [6, 6.07) is 0. The highest BCUT2D eigenvalue weighted by molar-refractivity contribution is 8.76. The minimum atomic E-state index is -3.25. The van der Waals surface area contributed by atoms with Crippen LogP contribution in [-0.4, -0.2) is 0 Å². The summed E-state index contributed by atoms with van der Waals surface area (Å²) < 4.78 is 11.1. The molecule has 0 nitrogen and oxygen atoms in total. The molecule has 0 radical (unpaired) electrons. The van der Waals surface area contributed by atoms with Gasteiger partial charge in [-0.05, 0) is 32.0 Å². The third-order valence-corrected chi connectivity index (χ3v) is 0. The van der Waals surface area contributed by atoms with Crippen molar-refractivity contribution in [3.05, 3.63) is 0 Å². The van der Waals surface area contributed by atoms with E-state index in [2.05, 4.69) is 32.0 Å². The van der Waals surface area contributed by atoms with Crippen molar-refractivity contribution in [1.82, 2.24) is 0 Å². The van der Waals surface area contributed by atoms with Crippen LogP contribution in [0.25, 0.3) is 0 Å². The molecule has 0 saturated carbocycles. The summed E-state index contributed by atoms with van der Waals surface area (Å²) in [5.74, 6) is 0. The van der Waals surface area contributed by atoms with Crippen molar-refractivity contribution >= 4 is 40.1 Å². The van der Waals surface area contributed by atoms with Crippen LogP contribution in [0.15, 0.2) is 0 Å². The summed E-state index contributed by atoms with van der Waals surface area (Å²) in [5.41, 5.74) is 0. The second-order valence-corrected chi connectivity index (χ2v) is 6.30. The predicted octanol–water partition coefficient (Wildman–Crippen LogP) is 3.14. The lowest BCUT2D eigenvalue weighted by Gasteiger charge is -1.95. The molecule has 0 aliphatic rings. The molecule has 0 unspecified atom stereocenters. The fourth-order valence-electron chi connectivity index (χ4n) is 0. The molecule has 5 heteroatoms. The van der Waals surface area contributed by atoms with Gasteiger partial charge in [-0.15, -0.1) is 3.89 Å². The minimum Gasteiger partial charge on any atom is -0.142 e. The van der Waals surface area contributed by atoms with Gasteiger partial charge in [-0.2, -0.15) is 0 Å². The maximum absolute atomic E-state index is 11.1. The van der Waals surface area contributed by atoms with E-state index in [9.17, 15) is 3.89 Å². The van der Waals surface area contributed by atoms with E-state index in [1.165, 1.54) is 0 Å². The van der Waals surface area contributed by atoms with E-state index in [1.54, 1.807) is 0 Å². The molecule has 0 N–H and O–H groups in total. The van der Waals surface area contributed by atoms with Gasteiger partial charge in [0, 0.05) is 0 Å². The van der Waals surface area contributed by atoms with Gasteiger partial charge < -0.3 is 0 Å². The van der Waals surface area contributed by atoms with Crippen molar-refractivity contribution in [3.8, 4) is 0 Å². The Morgan fingerprint density at radius 2 is 1.20 bits per heavy atom. The molecule has 34 valence electrons. The van der Waals surface area contributed by atoms with Crippen LogP contribution >= 0.6 is 40.1 Å². The van der Waals surface area contributed by atoms with Crippen molar-refractivity contribution < 1.29 is 3.89 Å². The Morgan fingerprint density at radius 1 is 1.20 bits per heavy atom. The molecule has 0 aromatic carbocycles. The Labute approximate surface area is 44.3 Å². The zero-order chi connectivity index (χ0) is 4.50. The van der Waals surface area contributed by atoms with Gasteiger partial charge >= 0.3 is 0 Å². The Bertz CT molecular complexity index is 22.4. The van der Waals surface area contributed by atoms with E-state index < -0.39 is 8.05 Å². The molecule has 0 saturated heterocycles. The van der Waals surface area contributed by atoms with Gasteiger partial charge in [-0.3, -0.25) is 0 Å². The third-order valence-electron chi connectivity index (χ3n) is 0. The Hall–Kier alpha value is 1.15. The normalized spacial score (nSPS) is 15.2. The van der Waals surface area contributed by atoms with Crippen molar-refractivity contribution in [3.63, 3.8) is 0 Å². The van der Waals surface area contributed by atoms with Crippen LogP contribution in [0.2, 0.25) is 0 Å². The van der Waals surface area contributed by atoms with E-state index in [1.807, 2.05) is 0 Å². The SMILES string of the molecule is FS(Cl)(Cl)Cl. The van der Waals surface area contributed by atoms with E-state index in [0.717, 1.165) is 0 Å². The first-order valence-corrected chi connectivity index (χ1v) is 4.63. The summed E-state index contributed by atoms with van der Waals surface area (Å²) in [4.78, 5) is 0. The molecular formula is Cl3FS. The molecule has 0 amide bonds. The zero-order valence-electron chi connectivity index (χ0n) is 1.92. The molecule has 0 aliphatic heterocycles. The third kappa shape index (κ3) is 38.6. The molecule has 5 heavy (non-hydrogen) atoms. The molecule has 0 fully saturated rings. The van der Waals surface area contributed by atoms with Gasteiger partial charge in [0.2, 0.25) is 0 Å². The van der Waals surface area contributed by atoms with Crippen molar-refractivity contribution in [2.24, 2.45) is 0 Å². The molecule has 0 atom stereocenters. The maximum Gasteiger partial charge on any atom is 0.150 e. The highest BCUT2D eigenvalue weighted by Gasteiger charge is 2.06. The van der Waals surface area contributed by atoms with Gasteiger partial charge in [0.05, 0.1) is 0 Å². The van der Waals surface area contributed by atoms with E-state index in [0.29, 0.717) is 0 Å². The Balaban J connectivity index is 3.02. The second-order valence-electron chi connectivity index (χ2n) is 0.350. The molecule has 0 aromatic rings. The maximum atomic E-state index is 11.1. The first-order chi connectivity index (χ1) is 2.00. The smallest absolute Gasteiger partial charge is 0.142 e. The molecule has 0 heterocycles. The van der Waals surface area contributed by atoms with E-state index >= 15 is 0 Å². The van der Waals surface area contributed by atoms with Gasteiger partial charge in [-0.1, -0.05) is 0 Å². The van der Waals surface area contributed by atoms with E-state index in [4.69, 9.17) is 0 Å². The average Bonchev–Trinajstić information content (AvgIpc) is 0.722. The van der Waals surface area contributed by atoms with Crippen LogP contribution in [0.4, 0.5) is 3.89 Å². The van der Waals surface area contributed by atoms with Gasteiger partial charge in [0.15, 0.2) is 8.05 Å². The summed E-state index contributed by atoms with van der Waals surface area (Å²) >= 11 is 0. The van der Waals surface area contributed by atoms with Crippen LogP contribution in [0.1, 0.15) is 0 Å². The van der Waals surface area contributed by atoms with Crippen molar-refractivity contribution in [1.29, 1.82) is 0 Å². The summed E-state index contributed by atoms with van der Waals surface area (Å²) in [7, 11) is 10.2. The standard InChI is InChI=1S/Cl3FS/c1-5(2,3)4. The van der Waals surface area contributed by atoms with Crippen molar-refractivity contribution in [2.75, 3.05) is 0 Å². The van der Waals surface area contributed by atoms with Crippen LogP contribution in [0, 0.1) is 0 Å². The van der Waals surface area contributed by atoms with Gasteiger partial charge in [-0.25, -0.2) is 0 Å². The molecule has 0 aromatic heterocycles. The quantitative estimate of drug-likeness (QED) is 0.507. The highest BCUT2D eigenvalue weighted by Crippen LogP contribution is 2.64. The topological polar surface area (TPSA) is 0 Å². The monoisotopic (exact) mass is 156 g/mol. The van der Waals surface area contributed by atoms with E-state index in [-0.39, 0.29) is 0 Å². The second kappa shape index (κ2) is 1.73. The van der Waals surface area contributed by atoms with Gasteiger partial charge in [0.1, 0.15) is 0 Å². The first kappa shape index (κ1) is 6.15. The van der Waals surface area contributed by atoms with Crippen molar-refractivity contribution in [2.45, 2.75) is 0 Å². The number of hydrogen-bond donors (Lipinski definition) is 0. The molecule has 0 bridgehead atoms. The summed E-state index contributed by atoms with van der Waals surface area (Å²) in [6.07, 6.45) is 0. The largest absolute Gasteiger partial charge is 0.150 e. The molecular weight excluding hydrogens is 157 g/mol.